The minimum atomic E-state index is -0.440. The Labute approximate surface area is 132 Å². The summed E-state index contributed by atoms with van der Waals surface area (Å²) >= 11 is 0. The predicted molar refractivity (Wildman–Crippen MR) is 85.6 cm³/mol. The molecule has 0 saturated carbocycles. The molecule has 0 aliphatic carbocycles. The van der Waals surface area contributed by atoms with E-state index >= 15 is 0 Å². The van der Waals surface area contributed by atoms with Gasteiger partial charge in [0.2, 0.25) is 0 Å². The second kappa shape index (κ2) is 7.13. The number of nitrogens with one attached hydrogen (secondary N) is 1. The monoisotopic (exact) mass is 308 g/mol. The number of piperidine rings is 1. The topological polar surface area (TPSA) is 59.4 Å². The molecule has 1 amide bonds. The fraction of sp³-hybridized carbons (Fsp3) is 0.750. The van der Waals surface area contributed by atoms with E-state index in [1.807, 2.05) is 42.8 Å². The van der Waals surface area contributed by atoms with Crippen LogP contribution in [0.5, 0.6) is 0 Å². The quantitative estimate of drug-likeness (QED) is 0.925. The number of aromatic nitrogens is 2. The van der Waals surface area contributed by atoms with Crippen LogP contribution in [-0.2, 0) is 11.3 Å². The molecule has 1 aliphatic rings. The highest BCUT2D eigenvalue weighted by atomic mass is 16.6. The van der Waals surface area contributed by atoms with Crippen molar-refractivity contribution in [2.75, 3.05) is 19.6 Å². The van der Waals surface area contributed by atoms with E-state index in [1.54, 1.807) is 6.20 Å². The van der Waals surface area contributed by atoms with Crippen LogP contribution < -0.4 is 5.32 Å². The second-order valence-corrected chi connectivity index (χ2v) is 7.05. The normalized spacial score (nSPS) is 22.6. The van der Waals surface area contributed by atoms with E-state index in [9.17, 15) is 4.79 Å². The lowest BCUT2D eigenvalue weighted by atomic mass is 9.93. The highest BCUT2D eigenvalue weighted by Gasteiger charge is 2.30. The number of hydrogen-bond donors (Lipinski definition) is 1. The van der Waals surface area contributed by atoms with Crippen LogP contribution in [0.15, 0.2) is 18.7 Å². The molecule has 22 heavy (non-hydrogen) atoms. The Hall–Kier alpha value is -1.56. The molecule has 6 heteroatoms. The van der Waals surface area contributed by atoms with Gasteiger partial charge in [0.1, 0.15) is 5.60 Å². The Kier molecular flexibility index (Phi) is 5.45. The lowest BCUT2D eigenvalue weighted by Gasteiger charge is -2.38. The second-order valence-electron chi connectivity index (χ2n) is 7.05. The number of nitrogens with zero attached hydrogens (tertiary/aromatic N) is 3. The van der Waals surface area contributed by atoms with Gasteiger partial charge in [-0.15, -0.1) is 0 Å². The Morgan fingerprint density at radius 2 is 2.23 bits per heavy atom. The van der Waals surface area contributed by atoms with Crippen molar-refractivity contribution in [3.63, 3.8) is 0 Å². The first-order valence-electron chi connectivity index (χ1n) is 8.02. The summed E-state index contributed by atoms with van der Waals surface area (Å²) in [5.41, 5.74) is -0.440. The van der Waals surface area contributed by atoms with Crippen LogP contribution in [0.3, 0.4) is 0 Å². The summed E-state index contributed by atoms with van der Waals surface area (Å²) in [6.07, 6.45) is 6.36. The number of rotatable bonds is 4. The molecule has 6 nitrogen and oxygen atoms in total. The van der Waals surface area contributed by atoms with Gasteiger partial charge in [-0.3, -0.25) is 0 Å². The van der Waals surface area contributed by atoms with E-state index in [1.165, 1.54) is 0 Å². The Morgan fingerprint density at radius 1 is 1.45 bits per heavy atom. The van der Waals surface area contributed by atoms with Gasteiger partial charge >= 0.3 is 6.09 Å². The molecule has 2 atom stereocenters. The molecule has 1 saturated heterocycles. The van der Waals surface area contributed by atoms with Gasteiger partial charge in [0.05, 0.1) is 6.33 Å². The van der Waals surface area contributed by atoms with Crippen LogP contribution in [0.2, 0.25) is 0 Å². The van der Waals surface area contributed by atoms with Crippen LogP contribution in [0, 0.1) is 5.92 Å². The van der Waals surface area contributed by atoms with Gasteiger partial charge < -0.3 is 19.5 Å². The van der Waals surface area contributed by atoms with Crippen LogP contribution in [-0.4, -0.2) is 51.8 Å². The first-order valence-corrected chi connectivity index (χ1v) is 8.02. The number of carbonyl (C=O) groups excluding carboxylic acids is 1. The maximum Gasteiger partial charge on any atom is 0.410 e. The van der Waals surface area contributed by atoms with Crippen LogP contribution in [0.25, 0.3) is 0 Å². The average molecular weight is 308 g/mol. The zero-order chi connectivity index (χ0) is 16.2. The van der Waals surface area contributed by atoms with Gasteiger partial charge in [-0.25, -0.2) is 9.78 Å². The molecule has 1 N–H and O–H groups in total. The highest BCUT2D eigenvalue weighted by Crippen LogP contribution is 2.19. The fourth-order valence-corrected chi connectivity index (χ4v) is 2.63. The summed E-state index contributed by atoms with van der Waals surface area (Å²) in [5, 5.41) is 3.56. The van der Waals surface area contributed by atoms with Crippen LogP contribution in [0.4, 0.5) is 4.79 Å². The summed E-state index contributed by atoms with van der Waals surface area (Å²) < 4.78 is 7.52. The standard InChI is InChI=1S/C16H28N4O2/c1-13-5-8-20(15(21)22-16(2,3)4)11-14(13)18-7-10-19-9-6-17-12-19/h6,9,12-14,18H,5,7-8,10-11H2,1-4H3/t13-,14+/m1/s1. The fourth-order valence-electron chi connectivity index (χ4n) is 2.63. The Bertz CT molecular complexity index is 467. The van der Waals surface area contributed by atoms with E-state index in [0.717, 1.165) is 26.1 Å². The third-order valence-electron chi connectivity index (χ3n) is 3.95. The lowest BCUT2D eigenvalue weighted by Crippen LogP contribution is -2.53. The Balaban J connectivity index is 1.81. The maximum absolute atomic E-state index is 12.2. The molecule has 0 spiro atoms. The molecule has 0 radical (unpaired) electrons. The van der Waals surface area contributed by atoms with Crippen molar-refractivity contribution < 1.29 is 9.53 Å². The van der Waals surface area contributed by atoms with Crippen molar-refractivity contribution >= 4 is 6.09 Å². The van der Waals surface area contributed by atoms with Crippen molar-refractivity contribution in [1.29, 1.82) is 0 Å². The first-order chi connectivity index (χ1) is 10.3. The van der Waals surface area contributed by atoms with Crippen LogP contribution in [0.1, 0.15) is 34.1 Å². The third kappa shape index (κ3) is 5.02. The van der Waals surface area contributed by atoms with Crippen LogP contribution >= 0.6 is 0 Å². The molecule has 1 aliphatic heterocycles. The van der Waals surface area contributed by atoms with E-state index in [-0.39, 0.29) is 6.09 Å². The summed E-state index contributed by atoms with van der Waals surface area (Å²) in [4.78, 5) is 18.0. The smallest absolute Gasteiger partial charge is 0.410 e. The van der Waals surface area contributed by atoms with Crippen molar-refractivity contribution in [3.8, 4) is 0 Å². The zero-order valence-electron chi connectivity index (χ0n) is 14.1. The van der Waals surface area contributed by atoms with E-state index < -0.39 is 5.60 Å². The van der Waals surface area contributed by atoms with Gasteiger partial charge in [0, 0.05) is 44.6 Å². The molecule has 0 aromatic carbocycles. The van der Waals surface area contributed by atoms with Crippen molar-refractivity contribution in [3.05, 3.63) is 18.7 Å². The molecule has 1 aromatic rings. The van der Waals surface area contributed by atoms with E-state index in [4.69, 9.17) is 4.74 Å². The molecule has 0 bridgehead atoms. The summed E-state index contributed by atoms with van der Waals surface area (Å²) in [6, 6.07) is 0.310. The minimum absolute atomic E-state index is 0.208. The van der Waals surface area contributed by atoms with Gasteiger partial charge in [-0.05, 0) is 33.1 Å². The van der Waals surface area contributed by atoms with Gasteiger partial charge in [0.25, 0.3) is 0 Å². The molecule has 124 valence electrons. The van der Waals surface area contributed by atoms with E-state index in [0.29, 0.717) is 18.5 Å². The number of carbonyl (C=O) groups is 1. The number of likely N-dealkylation sites (tertiary alicyclic amines) is 1. The number of amides is 1. The maximum atomic E-state index is 12.2. The summed E-state index contributed by atoms with van der Waals surface area (Å²) in [6.45, 7) is 11.2. The molecular weight excluding hydrogens is 280 g/mol. The Morgan fingerprint density at radius 3 is 2.86 bits per heavy atom. The third-order valence-corrected chi connectivity index (χ3v) is 3.95. The average Bonchev–Trinajstić information content (AvgIpc) is 2.92. The molecule has 1 fully saturated rings. The largest absolute Gasteiger partial charge is 0.444 e. The van der Waals surface area contributed by atoms with Gasteiger partial charge in [-0.2, -0.15) is 0 Å². The molecular formula is C16H28N4O2. The van der Waals surface area contributed by atoms with E-state index in [2.05, 4.69) is 17.2 Å². The number of hydrogen-bond acceptors (Lipinski definition) is 4. The molecule has 2 rings (SSSR count). The zero-order valence-corrected chi connectivity index (χ0v) is 14.1. The van der Waals surface area contributed by atoms with Crippen molar-refractivity contribution in [1.82, 2.24) is 19.8 Å². The molecule has 2 heterocycles. The minimum Gasteiger partial charge on any atom is -0.444 e. The van der Waals surface area contributed by atoms with Gasteiger partial charge in [0.15, 0.2) is 0 Å². The first kappa shape index (κ1) is 16.8. The molecule has 0 unspecified atom stereocenters. The lowest BCUT2D eigenvalue weighted by molar-refractivity contribution is 0.0148. The highest BCUT2D eigenvalue weighted by molar-refractivity contribution is 5.68. The summed E-state index contributed by atoms with van der Waals surface area (Å²) in [7, 11) is 0. The summed E-state index contributed by atoms with van der Waals surface area (Å²) in [5.74, 6) is 0.557. The SMILES string of the molecule is C[C@@H]1CCN(C(=O)OC(C)(C)C)C[C@@H]1NCCn1ccnc1. The predicted octanol–water partition coefficient (Wildman–Crippen LogP) is 2.12. The number of imidazole rings is 1. The van der Waals surface area contributed by atoms with Crippen molar-refractivity contribution in [2.45, 2.75) is 52.3 Å². The van der Waals surface area contributed by atoms with Crippen molar-refractivity contribution in [2.24, 2.45) is 5.92 Å². The molecule has 1 aromatic heterocycles. The van der Waals surface area contributed by atoms with Gasteiger partial charge in [-0.1, -0.05) is 6.92 Å². The number of ether oxygens (including phenoxy) is 1.